The molecule has 1 heterocycles. The first-order valence-corrected chi connectivity index (χ1v) is 6.70. The Morgan fingerprint density at radius 2 is 1.67 bits per heavy atom. The van der Waals surface area contributed by atoms with E-state index in [9.17, 15) is 0 Å². The van der Waals surface area contributed by atoms with Crippen LogP contribution in [0.25, 0.3) is 0 Å². The van der Waals surface area contributed by atoms with E-state index < -0.39 is 0 Å². The topological polar surface area (TPSA) is 3.24 Å². The van der Waals surface area contributed by atoms with E-state index in [1.165, 1.54) is 45.2 Å². The molecule has 0 unspecified atom stereocenters. The highest BCUT2D eigenvalue weighted by Crippen LogP contribution is 2.48. The van der Waals surface area contributed by atoms with Gasteiger partial charge in [0.05, 0.1) is 0 Å². The second-order valence-electron chi connectivity index (χ2n) is 6.88. The first kappa shape index (κ1) is 11.4. The molecule has 0 atom stereocenters. The number of hydrogen-bond acceptors (Lipinski definition) is 1. The zero-order valence-electron chi connectivity index (χ0n) is 11.0. The van der Waals surface area contributed by atoms with E-state index in [1.54, 1.807) is 0 Å². The Morgan fingerprint density at radius 3 is 2.07 bits per heavy atom. The zero-order valence-corrected chi connectivity index (χ0v) is 11.0. The molecule has 0 aromatic rings. The fourth-order valence-corrected chi connectivity index (χ4v) is 3.25. The minimum Gasteiger partial charge on any atom is -0.297 e. The van der Waals surface area contributed by atoms with Crippen molar-refractivity contribution in [3.05, 3.63) is 0 Å². The van der Waals surface area contributed by atoms with Gasteiger partial charge in [0.1, 0.15) is 0 Å². The average molecular weight is 209 g/mol. The maximum Gasteiger partial charge on any atom is 0.0125 e. The maximum absolute atomic E-state index is 2.65. The zero-order chi connectivity index (χ0) is 11.1. The summed E-state index contributed by atoms with van der Waals surface area (Å²) in [7, 11) is 0. The normalized spacial score (nSPS) is 28.0. The summed E-state index contributed by atoms with van der Waals surface area (Å²) in [5.41, 5.74) is 1.13. The molecule has 1 nitrogen and oxygen atoms in total. The van der Waals surface area contributed by atoms with Crippen molar-refractivity contribution in [3.8, 4) is 0 Å². The average Bonchev–Trinajstić information content (AvgIpc) is 2.13. The molecule has 88 valence electrons. The SMILES string of the molecule is CCC1CCC2(CC1)CN(C(C)(C)C)C2. The minimum absolute atomic E-state index is 0.396. The Kier molecular flexibility index (Phi) is 2.87. The van der Waals surface area contributed by atoms with Gasteiger partial charge >= 0.3 is 0 Å². The van der Waals surface area contributed by atoms with Gasteiger partial charge in [0, 0.05) is 18.6 Å². The Bertz CT molecular complexity index is 210. The number of nitrogens with zero attached hydrogens (tertiary/aromatic N) is 1. The van der Waals surface area contributed by atoms with Gasteiger partial charge in [-0.1, -0.05) is 13.3 Å². The molecule has 0 aromatic carbocycles. The highest BCUT2D eigenvalue weighted by Gasteiger charge is 2.47. The number of hydrogen-bond donors (Lipinski definition) is 0. The second kappa shape index (κ2) is 3.76. The third-order valence-electron chi connectivity index (χ3n) is 4.74. The van der Waals surface area contributed by atoms with E-state index in [-0.39, 0.29) is 0 Å². The summed E-state index contributed by atoms with van der Waals surface area (Å²) in [6.07, 6.45) is 7.39. The van der Waals surface area contributed by atoms with Crippen LogP contribution in [0.1, 0.15) is 59.8 Å². The van der Waals surface area contributed by atoms with Gasteiger partial charge in [-0.15, -0.1) is 0 Å². The standard InChI is InChI=1S/C14H27N/c1-5-12-6-8-14(9-7-12)10-15(11-14)13(2,3)4/h12H,5-11H2,1-4H3. The van der Waals surface area contributed by atoms with Gasteiger partial charge in [0.15, 0.2) is 0 Å². The quantitative estimate of drug-likeness (QED) is 0.636. The number of likely N-dealkylation sites (tertiary alicyclic amines) is 1. The van der Waals surface area contributed by atoms with E-state index in [1.807, 2.05) is 0 Å². The molecule has 1 spiro atoms. The van der Waals surface area contributed by atoms with E-state index in [2.05, 4.69) is 32.6 Å². The first-order chi connectivity index (χ1) is 6.95. The Balaban J connectivity index is 1.83. The predicted molar refractivity (Wildman–Crippen MR) is 66.0 cm³/mol. The molecular weight excluding hydrogens is 182 g/mol. The highest BCUT2D eigenvalue weighted by atomic mass is 15.3. The third kappa shape index (κ3) is 2.22. The van der Waals surface area contributed by atoms with Crippen molar-refractivity contribution in [1.82, 2.24) is 4.90 Å². The van der Waals surface area contributed by atoms with Crippen LogP contribution in [0.2, 0.25) is 0 Å². The van der Waals surface area contributed by atoms with Crippen LogP contribution in [0.3, 0.4) is 0 Å². The summed E-state index contributed by atoms with van der Waals surface area (Å²) in [6, 6.07) is 0. The summed E-state index contributed by atoms with van der Waals surface area (Å²) in [5, 5.41) is 0. The lowest BCUT2D eigenvalue weighted by Crippen LogP contribution is -2.63. The molecule has 0 amide bonds. The molecule has 2 aliphatic rings. The van der Waals surface area contributed by atoms with Gasteiger partial charge in [0.25, 0.3) is 0 Å². The van der Waals surface area contributed by atoms with Crippen LogP contribution >= 0.6 is 0 Å². The summed E-state index contributed by atoms with van der Waals surface area (Å²) in [6.45, 7) is 12.1. The van der Waals surface area contributed by atoms with Crippen molar-refractivity contribution in [1.29, 1.82) is 0 Å². The lowest BCUT2D eigenvalue weighted by molar-refractivity contribution is -0.0852. The van der Waals surface area contributed by atoms with Crippen molar-refractivity contribution in [2.45, 2.75) is 65.3 Å². The Morgan fingerprint density at radius 1 is 1.13 bits per heavy atom. The van der Waals surface area contributed by atoms with Crippen molar-refractivity contribution < 1.29 is 0 Å². The van der Waals surface area contributed by atoms with Crippen molar-refractivity contribution in [2.24, 2.45) is 11.3 Å². The molecule has 0 bridgehead atoms. The van der Waals surface area contributed by atoms with Crippen LogP contribution < -0.4 is 0 Å². The van der Waals surface area contributed by atoms with Gasteiger partial charge in [-0.25, -0.2) is 0 Å². The summed E-state index contributed by atoms with van der Waals surface area (Å²) in [4.78, 5) is 2.65. The van der Waals surface area contributed by atoms with E-state index >= 15 is 0 Å². The largest absolute Gasteiger partial charge is 0.297 e. The van der Waals surface area contributed by atoms with Gasteiger partial charge in [0.2, 0.25) is 0 Å². The van der Waals surface area contributed by atoms with Crippen LogP contribution in [0.5, 0.6) is 0 Å². The summed E-state index contributed by atoms with van der Waals surface area (Å²) in [5.74, 6) is 1.04. The maximum atomic E-state index is 2.65. The minimum atomic E-state index is 0.396. The molecule has 1 aliphatic carbocycles. The molecule has 2 rings (SSSR count). The van der Waals surface area contributed by atoms with E-state index in [4.69, 9.17) is 0 Å². The summed E-state index contributed by atoms with van der Waals surface area (Å²) >= 11 is 0. The molecule has 1 aliphatic heterocycles. The second-order valence-corrected chi connectivity index (χ2v) is 6.88. The molecule has 0 N–H and O–H groups in total. The van der Waals surface area contributed by atoms with Gasteiger partial charge in [-0.05, 0) is 57.8 Å². The summed E-state index contributed by atoms with van der Waals surface area (Å²) < 4.78 is 0. The monoisotopic (exact) mass is 209 g/mol. The van der Waals surface area contributed by atoms with Crippen LogP contribution in [0.4, 0.5) is 0 Å². The van der Waals surface area contributed by atoms with Crippen molar-refractivity contribution in [3.63, 3.8) is 0 Å². The fraction of sp³-hybridized carbons (Fsp3) is 1.00. The first-order valence-electron chi connectivity index (χ1n) is 6.70. The molecule has 1 heteroatoms. The smallest absolute Gasteiger partial charge is 0.0125 e. The lowest BCUT2D eigenvalue weighted by Gasteiger charge is -2.58. The predicted octanol–water partition coefficient (Wildman–Crippen LogP) is 3.69. The van der Waals surface area contributed by atoms with Crippen molar-refractivity contribution >= 4 is 0 Å². The third-order valence-corrected chi connectivity index (χ3v) is 4.74. The fourth-order valence-electron chi connectivity index (χ4n) is 3.25. The van der Waals surface area contributed by atoms with Crippen LogP contribution in [0, 0.1) is 11.3 Å². The van der Waals surface area contributed by atoms with Gasteiger partial charge < -0.3 is 0 Å². The van der Waals surface area contributed by atoms with Crippen LogP contribution in [0.15, 0.2) is 0 Å². The molecule has 0 aromatic heterocycles. The lowest BCUT2D eigenvalue weighted by atomic mass is 9.64. The Hall–Kier alpha value is -0.0400. The van der Waals surface area contributed by atoms with Crippen LogP contribution in [-0.2, 0) is 0 Å². The molecular formula is C14H27N. The Labute approximate surface area is 95.2 Å². The molecule has 1 saturated carbocycles. The molecule has 1 saturated heterocycles. The molecule has 15 heavy (non-hydrogen) atoms. The van der Waals surface area contributed by atoms with Crippen LogP contribution in [-0.4, -0.2) is 23.5 Å². The van der Waals surface area contributed by atoms with E-state index in [0.717, 1.165) is 11.3 Å². The highest BCUT2D eigenvalue weighted by molar-refractivity contribution is 5.01. The molecule has 0 radical (unpaired) electrons. The van der Waals surface area contributed by atoms with Gasteiger partial charge in [-0.3, -0.25) is 4.90 Å². The number of rotatable bonds is 1. The molecule has 2 fully saturated rings. The van der Waals surface area contributed by atoms with Crippen molar-refractivity contribution in [2.75, 3.05) is 13.1 Å². The van der Waals surface area contributed by atoms with E-state index in [0.29, 0.717) is 5.54 Å². The van der Waals surface area contributed by atoms with Gasteiger partial charge in [-0.2, -0.15) is 0 Å².